The summed E-state index contributed by atoms with van der Waals surface area (Å²) < 4.78 is 39.8. The Labute approximate surface area is 134 Å². The molecule has 1 atom stereocenters. The standard InChI is InChI=1S/C14H13F3N4O3/c1-8-12(21(23)24)7-20(19-8)9(2)13(22)18-11-6-4-3-5-10(11)14(15,16)17/h3-7,9H,1-2H3,(H,18,22). The Balaban J connectivity index is 2.25. The Morgan fingerprint density at radius 1 is 1.38 bits per heavy atom. The van der Waals surface area contributed by atoms with Gasteiger partial charge in [0.05, 0.1) is 16.2 Å². The van der Waals surface area contributed by atoms with Gasteiger partial charge in [0.25, 0.3) is 0 Å². The van der Waals surface area contributed by atoms with Crippen molar-refractivity contribution in [1.82, 2.24) is 9.78 Å². The molecule has 1 aromatic heterocycles. The van der Waals surface area contributed by atoms with Crippen LogP contribution in [0.5, 0.6) is 0 Å². The Hall–Kier alpha value is -2.91. The summed E-state index contributed by atoms with van der Waals surface area (Å²) in [5, 5.41) is 16.8. The molecule has 0 aliphatic rings. The number of hydrogen-bond acceptors (Lipinski definition) is 4. The summed E-state index contributed by atoms with van der Waals surface area (Å²) in [5.74, 6) is -0.774. The van der Waals surface area contributed by atoms with Crippen LogP contribution < -0.4 is 5.32 Å². The van der Waals surface area contributed by atoms with E-state index in [-0.39, 0.29) is 17.1 Å². The molecule has 0 fully saturated rings. The van der Waals surface area contributed by atoms with Gasteiger partial charge < -0.3 is 5.32 Å². The van der Waals surface area contributed by atoms with Crippen LogP contribution >= 0.6 is 0 Å². The lowest BCUT2D eigenvalue weighted by Gasteiger charge is -2.16. The quantitative estimate of drug-likeness (QED) is 0.682. The van der Waals surface area contributed by atoms with Crippen molar-refractivity contribution in [3.8, 4) is 0 Å². The average molecular weight is 342 g/mol. The number of benzene rings is 1. The van der Waals surface area contributed by atoms with Crippen LogP contribution in [0, 0.1) is 17.0 Å². The van der Waals surface area contributed by atoms with Crippen LogP contribution in [-0.2, 0) is 11.0 Å². The number of aryl methyl sites for hydroxylation is 1. The number of rotatable bonds is 4. The van der Waals surface area contributed by atoms with Crippen LogP contribution in [0.15, 0.2) is 30.5 Å². The molecule has 1 heterocycles. The number of alkyl halides is 3. The minimum Gasteiger partial charge on any atom is -0.324 e. The van der Waals surface area contributed by atoms with Gasteiger partial charge in [0.15, 0.2) is 0 Å². The normalized spacial score (nSPS) is 12.7. The summed E-state index contributed by atoms with van der Waals surface area (Å²) in [7, 11) is 0. The molecular formula is C14H13F3N4O3. The van der Waals surface area contributed by atoms with E-state index in [2.05, 4.69) is 10.4 Å². The Morgan fingerprint density at radius 2 is 2.00 bits per heavy atom. The molecule has 0 saturated carbocycles. The highest BCUT2D eigenvalue weighted by Crippen LogP contribution is 2.34. The number of amides is 1. The van der Waals surface area contributed by atoms with Crippen molar-refractivity contribution >= 4 is 17.3 Å². The SMILES string of the molecule is Cc1nn(C(C)C(=O)Nc2ccccc2C(F)(F)F)cc1[N+](=O)[O-]. The first-order valence-corrected chi connectivity index (χ1v) is 6.78. The van der Waals surface area contributed by atoms with Crippen molar-refractivity contribution < 1.29 is 22.9 Å². The van der Waals surface area contributed by atoms with Crippen LogP contribution in [0.2, 0.25) is 0 Å². The zero-order valence-corrected chi connectivity index (χ0v) is 12.7. The number of nitro groups is 1. The van der Waals surface area contributed by atoms with E-state index < -0.39 is 28.6 Å². The largest absolute Gasteiger partial charge is 0.418 e. The van der Waals surface area contributed by atoms with Crippen molar-refractivity contribution in [3.05, 3.63) is 51.8 Å². The van der Waals surface area contributed by atoms with Crippen molar-refractivity contribution in [2.75, 3.05) is 5.32 Å². The molecular weight excluding hydrogens is 329 g/mol. The molecule has 24 heavy (non-hydrogen) atoms. The van der Waals surface area contributed by atoms with Crippen molar-refractivity contribution in [3.63, 3.8) is 0 Å². The van der Waals surface area contributed by atoms with Gasteiger partial charge in [0, 0.05) is 0 Å². The van der Waals surface area contributed by atoms with E-state index in [1.165, 1.54) is 26.0 Å². The number of halogens is 3. The van der Waals surface area contributed by atoms with Crippen LogP contribution in [0.3, 0.4) is 0 Å². The topological polar surface area (TPSA) is 90.1 Å². The van der Waals surface area contributed by atoms with Crippen LogP contribution in [-0.4, -0.2) is 20.6 Å². The molecule has 1 N–H and O–H groups in total. The molecule has 1 aromatic carbocycles. The molecule has 0 aliphatic heterocycles. The van der Waals surface area contributed by atoms with Gasteiger partial charge in [-0.15, -0.1) is 0 Å². The van der Waals surface area contributed by atoms with Crippen molar-refractivity contribution in [2.24, 2.45) is 0 Å². The first-order valence-electron chi connectivity index (χ1n) is 6.78. The lowest BCUT2D eigenvalue weighted by Crippen LogP contribution is -2.25. The number of carbonyl (C=O) groups is 1. The number of nitrogens with zero attached hydrogens (tertiary/aromatic N) is 3. The zero-order valence-electron chi connectivity index (χ0n) is 12.7. The summed E-state index contributed by atoms with van der Waals surface area (Å²) in [6.45, 7) is 2.78. The minimum absolute atomic E-state index is 0.107. The summed E-state index contributed by atoms with van der Waals surface area (Å²) in [5.41, 5.74) is -1.53. The molecule has 2 rings (SSSR count). The van der Waals surface area contributed by atoms with Gasteiger partial charge in [-0.05, 0) is 26.0 Å². The number of para-hydroxylation sites is 1. The molecule has 0 aliphatic carbocycles. The molecule has 128 valence electrons. The maximum Gasteiger partial charge on any atom is 0.418 e. The number of hydrogen-bond donors (Lipinski definition) is 1. The van der Waals surface area contributed by atoms with Crippen molar-refractivity contribution in [2.45, 2.75) is 26.1 Å². The smallest absolute Gasteiger partial charge is 0.324 e. The molecule has 0 radical (unpaired) electrons. The van der Waals surface area contributed by atoms with E-state index in [1.807, 2.05) is 0 Å². The summed E-state index contributed by atoms with van der Waals surface area (Å²) in [6, 6.07) is 3.52. The van der Waals surface area contributed by atoms with Crippen LogP contribution in [0.4, 0.5) is 24.5 Å². The lowest BCUT2D eigenvalue weighted by atomic mass is 10.1. The van der Waals surface area contributed by atoms with Crippen molar-refractivity contribution in [1.29, 1.82) is 0 Å². The van der Waals surface area contributed by atoms with E-state index in [1.54, 1.807) is 0 Å². The molecule has 0 saturated heterocycles. The summed E-state index contributed by atoms with van der Waals surface area (Å²) in [4.78, 5) is 22.3. The molecule has 1 amide bonds. The van der Waals surface area contributed by atoms with E-state index in [0.29, 0.717) is 0 Å². The van der Waals surface area contributed by atoms with E-state index in [4.69, 9.17) is 0 Å². The number of aromatic nitrogens is 2. The van der Waals surface area contributed by atoms with Gasteiger partial charge in [0.2, 0.25) is 5.91 Å². The van der Waals surface area contributed by atoms with Crippen LogP contribution in [0.25, 0.3) is 0 Å². The summed E-state index contributed by atoms with van der Waals surface area (Å²) in [6.07, 6.45) is -3.55. The van der Waals surface area contributed by atoms with E-state index in [0.717, 1.165) is 23.0 Å². The zero-order chi connectivity index (χ0) is 18.1. The third-order valence-electron chi connectivity index (χ3n) is 3.35. The maximum absolute atomic E-state index is 12.9. The van der Waals surface area contributed by atoms with Gasteiger partial charge in [-0.3, -0.25) is 19.6 Å². The van der Waals surface area contributed by atoms with Gasteiger partial charge >= 0.3 is 11.9 Å². The van der Waals surface area contributed by atoms with E-state index in [9.17, 15) is 28.1 Å². The Morgan fingerprint density at radius 3 is 2.54 bits per heavy atom. The fourth-order valence-electron chi connectivity index (χ4n) is 2.05. The highest BCUT2D eigenvalue weighted by atomic mass is 19.4. The van der Waals surface area contributed by atoms with E-state index >= 15 is 0 Å². The summed E-state index contributed by atoms with van der Waals surface area (Å²) >= 11 is 0. The Kier molecular flexibility index (Phi) is 4.58. The molecule has 7 nitrogen and oxygen atoms in total. The average Bonchev–Trinajstić information content (AvgIpc) is 2.88. The highest BCUT2D eigenvalue weighted by Gasteiger charge is 2.34. The van der Waals surface area contributed by atoms with Gasteiger partial charge in [-0.2, -0.15) is 18.3 Å². The third kappa shape index (κ3) is 3.53. The third-order valence-corrected chi connectivity index (χ3v) is 3.35. The number of carbonyl (C=O) groups excluding carboxylic acids is 1. The second kappa shape index (κ2) is 6.30. The second-order valence-corrected chi connectivity index (χ2v) is 5.05. The predicted octanol–water partition coefficient (Wildman–Crippen LogP) is 3.32. The molecule has 0 bridgehead atoms. The van der Waals surface area contributed by atoms with Gasteiger partial charge in [0.1, 0.15) is 17.9 Å². The number of nitrogens with one attached hydrogen (secondary N) is 1. The lowest BCUT2D eigenvalue weighted by molar-refractivity contribution is -0.385. The molecule has 1 unspecified atom stereocenters. The van der Waals surface area contributed by atoms with Crippen LogP contribution in [0.1, 0.15) is 24.2 Å². The fraction of sp³-hybridized carbons (Fsp3) is 0.286. The maximum atomic E-state index is 12.9. The number of anilines is 1. The minimum atomic E-state index is -4.62. The Bertz CT molecular complexity index is 786. The first kappa shape index (κ1) is 17.4. The highest BCUT2D eigenvalue weighted by molar-refractivity contribution is 5.94. The molecule has 10 heteroatoms. The fourth-order valence-corrected chi connectivity index (χ4v) is 2.05. The monoisotopic (exact) mass is 342 g/mol. The second-order valence-electron chi connectivity index (χ2n) is 5.05. The molecule has 0 spiro atoms. The molecule has 2 aromatic rings. The first-order chi connectivity index (χ1) is 11.1. The van der Waals surface area contributed by atoms with Gasteiger partial charge in [-0.25, -0.2) is 0 Å². The van der Waals surface area contributed by atoms with Gasteiger partial charge in [-0.1, -0.05) is 12.1 Å². The predicted molar refractivity (Wildman–Crippen MR) is 78.4 cm³/mol.